The van der Waals surface area contributed by atoms with Crippen LogP contribution in [0.1, 0.15) is 23.5 Å². The van der Waals surface area contributed by atoms with Crippen molar-refractivity contribution in [2.45, 2.75) is 37.3 Å². The predicted molar refractivity (Wildman–Crippen MR) is 153 cm³/mol. The third kappa shape index (κ3) is 8.02. The second-order valence-electron chi connectivity index (χ2n) is 10.2. The number of ether oxygens (including phenoxy) is 4. The van der Waals surface area contributed by atoms with Crippen LogP contribution in [0.5, 0.6) is 11.5 Å². The van der Waals surface area contributed by atoms with E-state index in [1.807, 2.05) is 24.3 Å². The van der Waals surface area contributed by atoms with Crippen LogP contribution in [0.2, 0.25) is 0 Å². The molecule has 0 spiro atoms. The number of esters is 1. The van der Waals surface area contributed by atoms with Gasteiger partial charge in [0.15, 0.2) is 6.10 Å². The summed E-state index contributed by atoms with van der Waals surface area (Å²) in [5.74, 6) is -1.24. The van der Waals surface area contributed by atoms with Crippen molar-refractivity contribution in [2.75, 3.05) is 26.3 Å². The molecule has 1 N–H and O–H groups in total. The number of alkyl halides is 3. The molecule has 220 valence electrons. The van der Waals surface area contributed by atoms with Gasteiger partial charge in [-0.3, -0.25) is 0 Å². The maximum absolute atomic E-state index is 12.8. The predicted octanol–water partition coefficient (Wildman–Crippen LogP) is 6.43. The Balaban J connectivity index is 1.19. The molecule has 1 fully saturated rings. The highest BCUT2D eigenvalue weighted by Gasteiger charge is 2.42. The molecule has 1 saturated heterocycles. The molecule has 0 aliphatic carbocycles. The minimum Gasteiger partial charge on any atom is -0.490 e. The molecule has 0 bridgehead atoms. The van der Waals surface area contributed by atoms with Gasteiger partial charge in [0.25, 0.3) is 0 Å². The standard InChI is InChI=1S/C33H32F3NO5/c34-33(35,36)32(38)42-29(21-39-27-8-2-1-3-9-27)22-40-28-14-12-25(13-15-28)30-16-17-37-19-31(30)41-20-23-10-11-24-6-4-5-7-26(24)18-23/h1-15,18,29-31,37H,16-17,19-22H2. The fourth-order valence-electron chi connectivity index (χ4n) is 4.96. The number of carbonyl (C=O) groups excluding carboxylic acids is 1. The van der Waals surface area contributed by atoms with E-state index in [0.717, 1.165) is 30.6 Å². The number of hydrogen-bond donors (Lipinski definition) is 1. The molecular formula is C33H32F3NO5. The molecule has 1 heterocycles. The van der Waals surface area contributed by atoms with Gasteiger partial charge in [0.1, 0.15) is 24.7 Å². The van der Waals surface area contributed by atoms with Crippen molar-refractivity contribution in [3.63, 3.8) is 0 Å². The van der Waals surface area contributed by atoms with Crippen LogP contribution in [0.4, 0.5) is 13.2 Å². The molecule has 1 aliphatic rings. The van der Waals surface area contributed by atoms with Crippen LogP contribution in [0.25, 0.3) is 10.8 Å². The van der Waals surface area contributed by atoms with Crippen LogP contribution >= 0.6 is 0 Å². The zero-order valence-corrected chi connectivity index (χ0v) is 22.9. The molecule has 4 aromatic carbocycles. The molecule has 0 saturated carbocycles. The summed E-state index contributed by atoms with van der Waals surface area (Å²) in [5, 5.41) is 5.78. The van der Waals surface area contributed by atoms with E-state index in [0.29, 0.717) is 18.1 Å². The second-order valence-corrected chi connectivity index (χ2v) is 10.2. The van der Waals surface area contributed by atoms with E-state index in [4.69, 9.17) is 14.2 Å². The Labute approximate surface area is 242 Å². The largest absolute Gasteiger partial charge is 0.490 e. The Bertz CT molecular complexity index is 1450. The van der Waals surface area contributed by atoms with Crippen molar-refractivity contribution in [1.82, 2.24) is 5.32 Å². The Kier molecular flexibility index (Phi) is 9.61. The number of hydrogen-bond acceptors (Lipinski definition) is 6. The molecule has 5 rings (SSSR count). The molecule has 3 unspecified atom stereocenters. The highest BCUT2D eigenvalue weighted by Crippen LogP contribution is 2.30. The number of carbonyl (C=O) groups is 1. The summed E-state index contributed by atoms with van der Waals surface area (Å²) in [7, 11) is 0. The maximum atomic E-state index is 12.8. The summed E-state index contributed by atoms with van der Waals surface area (Å²) in [5.41, 5.74) is 2.19. The SMILES string of the molecule is O=C(OC(COc1ccccc1)COc1ccc(C2CCNCC2OCc2ccc3ccccc3c2)cc1)C(F)(F)F. The highest BCUT2D eigenvalue weighted by molar-refractivity contribution is 5.82. The third-order valence-corrected chi connectivity index (χ3v) is 7.13. The first kappa shape index (κ1) is 29.4. The lowest BCUT2D eigenvalue weighted by molar-refractivity contribution is -0.207. The Morgan fingerprint density at radius 3 is 2.21 bits per heavy atom. The first-order chi connectivity index (χ1) is 20.3. The Morgan fingerprint density at radius 1 is 0.833 bits per heavy atom. The lowest BCUT2D eigenvalue weighted by Gasteiger charge is -2.32. The zero-order chi connectivity index (χ0) is 29.4. The monoisotopic (exact) mass is 579 g/mol. The summed E-state index contributed by atoms with van der Waals surface area (Å²) in [6.07, 6.45) is -5.52. The third-order valence-electron chi connectivity index (χ3n) is 7.13. The van der Waals surface area contributed by atoms with E-state index in [1.165, 1.54) is 10.8 Å². The molecule has 1 aliphatic heterocycles. The van der Waals surface area contributed by atoms with E-state index in [1.54, 1.807) is 42.5 Å². The van der Waals surface area contributed by atoms with Crippen molar-refractivity contribution >= 4 is 16.7 Å². The topological polar surface area (TPSA) is 66.0 Å². The van der Waals surface area contributed by atoms with Crippen molar-refractivity contribution in [2.24, 2.45) is 0 Å². The summed E-state index contributed by atoms with van der Waals surface area (Å²) >= 11 is 0. The van der Waals surface area contributed by atoms with Crippen LogP contribution in [0.3, 0.4) is 0 Å². The molecule has 0 radical (unpaired) electrons. The van der Waals surface area contributed by atoms with Crippen molar-refractivity contribution in [1.29, 1.82) is 0 Å². The summed E-state index contributed by atoms with van der Waals surface area (Å²) < 4.78 is 60.7. The van der Waals surface area contributed by atoms with Crippen LogP contribution < -0.4 is 14.8 Å². The number of benzene rings is 4. The molecular weight excluding hydrogens is 547 g/mol. The number of nitrogens with one attached hydrogen (secondary N) is 1. The average molecular weight is 580 g/mol. The summed E-state index contributed by atoms with van der Waals surface area (Å²) in [4.78, 5) is 11.5. The number of rotatable bonds is 11. The first-order valence-electron chi connectivity index (χ1n) is 13.8. The molecule has 3 atom stereocenters. The maximum Gasteiger partial charge on any atom is 0.490 e. The van der Waals surface area contributed by atoms with Crippen molar-refractivity contribution in [3.05, 3.63) is 108 Å². The molecule has 0 aromatic heterocycles. The number of piperidine rings is 1. The lowest BCUT2D eigenvalue weighted by Crippen LogP contribution is -2.40. The molecule has 6 nitrogen and oxygen atoms in total. The van der Waals surface area contributed by atoms with Gasteiger partial charge < -0.3 is 24.3 Å². The van der Waals surface area contributed by atoms with Crippen molar-refractivity contribution < 1.29 is 36.9 Å². The summed E-state index contributed by atoms with van der Waals surface area (Å²) in [6, 6.07) is 30.5. The number of halogens is 3. The van der Waals surface area contributed by atoms with Crippen LogP contribution in [0.15, 0.2) is 97.1 Å². The minimum absolute atomic E-state index is 0.0294. The number of para-hydroxylation sites is 1. The van der Waals surface area contributed by atoms with E-state index in [-0.39, 0.29) is 25.2 Å². The quantitative estimate of drug-likeness (QED) is 0.207. The molecule has 42 heavy (non-hydrogen) atoms. The smallest absolute Gasteiger partial charge is 0.490 e. The molecule has 0 amide bonds. The van der Waals surface area contributed by atoms with Gasteiger partial charge in [0.05, 0.1) is 12.7 Å². The fraction of sp³-hybridized carbons (Fsp3) is 0.303. The van der Waals surface area contributed by atoms with Crippen molar-refractivity contribution in [3.8, 4) is 11.5 Å². The highest BCUT2D eigenvalue weighted by atomic mass is 19.4. The Morgan fingerprint density at radius 2 is 1.50 bits per heavy atom. The Hall–Kier alpha value is -4.08. The average Bonchev–Trinajstić information content (AvgIpc) is 3.01. The van der Waals surface area contributed by atoms with Gasteiger partial charge >= 0.3 is 12.1 Å². The van der Waals surface area contributed by atoms with E-state index < -0.39 is 18.2 Å². The van der Waals surface area contributed by atoms with Gasteiger partial charge in [-0.2, -0.15) is 13.2 Å². The van der Waals surface area contributed by atoms with Gasteiger partial charge in [-0.05, 0) is 65.2 Å². The van der Waals surface area contributed by atoms with E-state index in [9.17, 15) is 18.0 Å². The van der Waals surface area contributed by atoms with Gasteiger partial charge in [-0.1, -0.05) is 66.7 Å². The molecule has 4 aromatic rings. The van der Waals surface area contributed by atoms with Gasteiger partial charge in [-0.15, -0.1) is 0 Å². The summed E-state index contributed by atoms with van der Waals surface area (Å²) in [6.45, 7) is 1.49. The van der Waals surface area contributed by atoms with Gasteiger partial charge in [0.2, 0.25) is 0 Å². The second kappa shape index (κ2) is 13.7. The first-order valence-corrected chi connectivity index (χ1v) is 13.8. The normalized spacial score (nSPS) is 17.9. The minimum atomic E-state index is -5.12. The van der Waals surface area contributed by atoms with Crippen LogP contribution in [-0.2, 0) is 20.9 Å². The van der Waals surface area contributed by atoms with Crippen LogP contribution in [-0.4, -0.2) is 50.7 Å². The molecule has 9 heteroatoms. The zero-order valence-electron chi connectivity index (χ0n) is 22.9. The van der Waals surface area contributed by atoms with Gasteiger partial charge in [0, 0.05) is 12.5 Å². The fourth-order valence-corrected chi connectivity index (χ4v) is 4.96. The number of fused-ring (bicyclic) bond motifs is 1. The lowest BCUT2D eigenvalue weighted by atomic mass is 9.87. The van der Waals surface area contributed by atoms with Gasteiger partial charge in [-0.25, -0.2) is 4.79 Å². The van der Waals surface area contributed by atoms with Crippen LogP contribution in [0, 0.1) is 0 Å². The van der Waals surface area contributed by atoms with E-state index >= 15 is 0 Å². The van der Waals surface area contributed by atoms with E-state index in [2.05, 4.69) is 40.4 Å².